The molecule has 18 heavy (non-hydrogen) atoms. The van der Waals surface area contributed by atoms with Crippen LogP contribution in [0.3, 0.4) is 0 Å². The Labute approximate surface area is 116 Å². The Bertz CT molecular complexity index is 323. The fraction of sp³-hybridized carbons (Fsp3) is 0.933. The van der Waals surface area contributed by atoms with Crippen LogP contribution in [0.5, 0.6) is 0 Å². The summed E-state index contributed by atoms with van der Waals surface area (Å²) in [6, 6.07) is 0. The molecule has 2 atom stereocenters. The van der Waals surface area contributed by atoms with Gasteiger partial charge in [0.25, 0.3) is 0 Å². The molecule has 0 heterocycles. The molecule has 2 saturated carbocycles. The number of amides is 1. The molecule has 2 fully saturated rings. The predicted molar refractivity (Wildman–Crippen MR) is 75.7 cm³/mol. The van der Waals surface area contributed by atoms with Crippen molar-refractivity contribution in [3.05, 3.63) is 0 Å². The Hall–Kier alpha value is -0.240. The lowest BCUT2D eigenvalue weighted by atomic mass is 9.88. The molecular formula is C15H26ClNO. The van der Waals surface area contributed by atoms with Crippen LogP contribution in [-0.2, 0) is 4.79 Å². The van der Waals surface area contributed by atoms with Crippen LogP contribution in [0.2, 0.25) is 0 Å². The third kappa shape index (κ3) is 2.29. The van der Waals surface area contributed by atoms with E-state index in [2.05, 4.69) is 33.0 Å². The standard InChI is InChI=1S/C15H26ClNO/c1-14(2)12(15(14,3)4)13(18)17-9-10-7-5-6-8-11(10)16/h10-12H,5-9H2,1-4H3,(H,17,18). The van der Waals surface area contributed by atoms with Crippen LogP contribution in [0.4, 0.5) is 0 Å². The van der Waals surface area contributed by atoms with E-state index in [1.165, 1.54) is 12.8 Å². The Kier molecular flexibility index (Phi) is 3.70. The topological polar surface area (TPSA) is 29.1 Å². The van der Waals surface area contributed by atoms with Gasteiger partial charge in [-0.25, -0.2) is 0 Å². The molecule has 0 aromatic rings. The summed E-state index contributed by atoms with van der Waals surface area (Å²) in [6.45, 7) is 9.49. The number of nitrogens with one attached hydrogen (secondary N) is 1. The molecule has 3 heteroatoms. The molecule has 2 nitrogen and oxygen atoms in total. The first-order valence-corrected chi connectivity index (χ1v) is 7.64. The van der Waals surface area contributed by atoms with Gasteiger partial charge >= 0.3 is 0 Å². The van der Waals surface area contributed by atoms with Gasteiger partial charge in [0.2, 0.25) is 5.91 Å². The van der Waals surface area contributed by atoms with E-state index in [-0.39, 0.29) is 28.0 Å². The summed E-state index contributed by atoms with van der Waals surface area (Å²) in [5, 5.41) is 3.38. The molecule has 104 valence electrons. The van der Waals surface area contributed by atoms with E-state index in [1.807, 2.05) is 0 Å². The Morgan fingerprint density at radius 2 is 1.72 bits per heavy atom. The van der Waals surface area contributed by atoms with Gasteiger partial charge in [0.1, 0.15) is 0 Å². The molecule has 1 amide bonds. The average Bonchev–Trinajstić information content (AvgIpc) is 2.68. The van der Waals surface area contributed by atoms with E-state index in [4.69, 9.17) is 11.6 Å². The fourth-order valence-corrected chi connectivity index (χ4v) is 3.95. The van der Waals surface area contributed by atoms with Gasteiger partial charge in [0, 0.05) is 17.8 Å². The Morgan fingerprint density at radius 3 is 2.22 bits per heavy atom. The summed E-state index contributed by atoms with van der Waals surface area (Å²) in [5.74, 6) is 0.844. The maximum absolute atomic E-state index is 12.2. The molecule has 1 N–H and O–H groups in total. The van der Waals surface area contributed by atoms with Crippen LogP contribution >= 0.6 is 11.6 Å². The molecule has 0 aromatic heterocycles. The summed E-state index contributed by atoms with van der Waals surface area (Å²) >= 11 is 6.32. The first-order chi connectivity index (χ1) is 8.28. The zero-order chi connectivity index (χ0) is 13.6. The highest BCUT2D eigenvalue weighted by molar-refractivity contribution is 6.20. The van der Waals surface area contributed by atoms with Gasteiger partial charge < -0.3 is 5.32 Å². The van der Waals surface area contributed by atoms with Crippen molar-refractivity contribution in [3.8, 4) is 0 Å². The normalized spacial score (nSPS) is 34.1. The van der Waals surface area contributed by atoms with E-state index >= 15 is 0 Å². The second-order valence-electron chi connectivity index (χ2n) is 7.18. The van der Waals surface area contributed by atoms with Gasteiger partial charge in [-0.3, -0.25) is 4.79 Å². The Balaban J connectivity index is 1.83. The average molecular weight is 272 g/mol. The Morgan fingerprint density at radius 1 is 1.17 bits per heavy atom. The molecule has 0 aromatic carbocycles. The quantitative estimate of drug-likeness (QED) is 0.781. The smallest absolute Gasteiger partial charge is 0.224 e. The number of halogens is 1. The highest BCUT2D eigenvalue weighted by Crippen LogP contribution is 2.68. The van der Waals surface area contributed by atoms with E-state index in [9.17, 15) is 4.79 Å². The van der Waals surface area contributed by atoms with E-state index in [0.29, 0.717) is 5.92 Å². The predicted octanol–water partition coefficient (Wildman–Crippen LogP) is 3.58. The zero-order valence-corrected chi connectivity index (χ0v) is 12.8. The first-order valence-electron chi connectivity index (χ1n) is 7.20. The van der Waals surface area contributed by atoms with E-state index in [1.54, 1.807) is 0 Å². The van der Waals surface area contributed by atoms with Gasteiger partial charge in [0.05, 0.1) is 0 Å². The van der Waals surface area contributed by atoms with E-state index in [0.717, 1.165) is 19.4 Å². The van der Waals surface area contributed by atoms with Crippen molar-refractivity contribution >= 4 is 17.5 Å². The molecule has 0 spiro atoms. The SMILES string of the molecule is CC1(C)C(C(=O)NCC2CCCCC2Cl)C1(C)C. The number of hydrogen-bond acceptors (Lipinski definition) is 1. The summed E-state index contributed by atoms with van der Waals surface area (Å²) in [4.78, 5) is 12.2. The highest BCUT2D eigenvalue weighted by atomic mass is 35.5. The molecule has 2 rings (SSSR count). The van der Waals surface area contributed by atoms with Crippen LogP contribution in [0.25, 0.3) is 0 Å². The lowest BCUT2D eigenvalue weighted by molar-refractivity contribution is -0.123. The van der Waals surface area contributed by atoms with E-state index < -0.39 is 0 Å². The molecular weight excluding hydrogens is 246 g/mol. The van der Waals surface area contributed by atoms with Crippen molar-refractivity contribution in [2.75, 3.05) is 6.54 Å². The summed E-state index contributed by atoms with van der Waals surface area (Å²) in [7, 11) is 0. The van der Waals surface area contributed by atoms with Crippen LogP contribution in [0, 0.1) is 22.7 Å². The number of alkyl halides is 1. The van der Waals surface area contributed by atoms with Gasteiger partial charge in [0.15, 0.2) is 0 Å². The molecule has 0 aliphatic heterocycles. The molecule has 0 radical (unpaired) electrons. The molecule has 0 saturated heterocycles. The minimum absolute atomic E-state index is 0.129. The minimum atomic E-state index is 0.129. The van der Waals surface area contributed by atoms with Crippen molar-refractivity contribution in [1.29, 1.82) is 0 Å². The van der Waals surface area contributed by atoms with Crippen molar-refractivity contribution < 1.29 is 4.79 Å². The van der Waals surface area contributed by atoms with Gasteiger partial charge in [-0.05, 0) is 29.6 Å². The first kappa shape index (κ1) is 14.2. The molecule has 2 aliphatic rings. The van der Waals surface area contributed by atoms with Crippen LogP contribution in [0.1, 0.15) is 53.4 Å². The van der Waals surface area contributed by atoms with Gasteiger partial charge in [-0.2, -0.15) is 0 Å². The van der Waals surface area contributed by atoms with Crippen molar-refractivity contribution in [2.45, 2.75) is 58.8 Å². The van der Waals surface area contributed by atoms with Crippen molar-refractivity contribution in [1.82, 2.24) is 5.32 Å². The monoisotopic (exact) mass is 271 g/mol. The summed E-state index contributed by atoms with van der Waals surface area (Å²) in [5.41, 5.74) is 0.258. The minimum Gasteiger partial charge on any atom is -0.355 e. The maximum atomic E-state index is 12.2. The third-order valence-electron chi connectivity index (χ3n) is 5.64. The third-order valence-corrected chi connectivity index (χ3v) is 6.21. The summed E-state index contributed by atoms with van der Waals surface area (Å²) in [6.07, 6.45) is 4.75. The van der Waals surface area contributed by atoms with Crippen LogP contribution in [0.15, 0.2) is 0 Å². The summed E-state index contributed by atoms with van der Waals surface area (Å²) < 4.78 is 0. The lowest BCUT2D eigenvalue weighted by Gasteiger charge is -2.27. The van der Waals surface area contributed by atoms with Crippen LogP contribution in [-0.4, -0.2) is 17.8 Å². The fourth-order valence-electron chi connectivity index (χ4n) is 3.58. The van der Waals surface area contributed by atoms with Gasteiger partial charge in [-0.1, -0.05) is 40.5 Å². The number of hydrogen-bond donors (Lipinski definition) is 1. The molecule has 2 aliphatic carbocycles. The second-order valence-corrected chi connectivity index (χ2v) is 7.74. The number of carbonyl (C=O) groups is 1. The van der Waals surface area contributed by atoms with Crippen molar-refractivity contribution in [3.63, 3.8) is 0 Å². The second kappa shape index (κ2) is 4.70. The molecule has 2 unspecified atom stereocenters. The van der Waals surface area contributed by atoms with Crippen LogP contribution < -0.4 is 5.32 Å². The maximum Gasteiger partial charge on any atom is 0.224 e. The zero-order valence-electron chi connectivity index (χ0n) is 12.1. The lowest BCUT2D eigenvalue weighted by Crippen LogP contribution is -2.36. The number of rotatable bonds is 3. The van der Waals surface area contributed by atoms with Crippen molar-refractivity contribution in [2.24, 2.45) is 22.7 Å². The molecule has 0 bridgehead atoms. The number of carbonyl (C=O) groups excluding carboxylic acids is 1. The van der Waals surface area contributed by atoms with Gasteiger partial charge in [-0.15, -0.1) is 11.6 Å². The largest absolute Gasteiger partial charge is 0.355 e. The highest BCUT2D eigenvalue weighted by Gasteiger charge is 2.68.